The first-order chi connectivity index (χ1) is 14.2. The Morgan fingerprint density at radius 3 is 2.48 bits per heavy atom. The molecule has 0 aliphatic rings. The van der Waals surface area contributed by atoms with Crippen LogP contribution in [0.25, 0.3) is 22.5 Å². The molecular weight excluding hydrogens is 366 g/mol. The third-order valence-electron chi connectivity index (χ3n) is 4.72. The van der Waals surface area contributed by atoms with Gasteiger partial charge in [0.05, 0.1) is 11.8 Å². The van der Waals surface area contributed by atoms with Crippen molar-refractivity contribution >= 4 is 22.7 Å². The predicted molar refractivity (Wildman–Crippen MR) is 109 cm³/mol. The maximum atomic E-state index is 11.1. The van der Waals surface area contributed by atoms with E-state index in [4.69, 9.17) is 9.40 Å². The number of carbonyl (C=O) groups is 1. The smallest absolute Gasteiger partial charge is 0.198 e. The number of hydrogen-bond acceptors (Lipinski definition) is 6. The number of benzene rings is 2. The summed E-state index contributed by atoms with van der Waals surface area (Å²) in [6.07, 6.45) is 2.27. The highest BCUT2D eigenvalue weighted by Crippen LogP contribution is 2.28. The first-order valence-corrected chi connectivity index (χ1v) is 9.50. The van der Waals surface area contributed by atoms with E-state index in [9.17, 15) is 9.90 Å². The number of nitrogens with zero attached hydrogens (tertiary/aromatic N) is 3. The van der Waals surface area contributed by atoms with E-state index in [0.29, 0.717) is 30.5 Å². The second-order valence-corrected chi connectivity index (χ2v) is 6.71. The van der Waals surface area contributed by atoms with Gasteiger partial charge in [-0.15, -0.1) is 0 Å². The highest BCUT2D eigenvalue weighted by atomic mass is 16.4. The van der Waals surface area contributed by atoms with E-state index in [-0.39, 0.29) is 6.42 Å². The monoisotopic (exact) mass is 386 g/mol. The molecule has 6 nitrogen and oxygen atoms in total. The normalized spacial score (nSPS) is 10.9. The average Bonchev–Trinajstić information content (AvgIpc) is 3.29. The van der Waals surface area contributed by atoms with Gasteiger partial charge in [0.2, 0.25) is 0 Å². The second-order valence-electron chi connectivity index (χ2n) is 6.71. The number of hydrogen-bond donors (Lipinski definition) is 0. The Labute approximate surface area is 168 Å². The van der Waals surface area contributed by atoms with E-state index >= 15 is 0 Å². The van der Waals surface area contributed by atoms with Crippen LogP contribution in [-0.4, -0.2) is 29.0 Å². The Kier molecular flexibility index (Phi) is 5.52. The van der Waals surface area contributed by atoms with Crippen molar-refractivity contribution in [3.05, 3.63) is 78.6 Å². The largest absolute Gasteiger partial charge is 0.550 e. The number of rotatable bonds is 8. The van der Waals surface area contributed by atoms with Crippen LogP contribution in [0.1, 0.15) is 12.0 Å². The maximum absolute atomic E-state index is 11.1. The number of para-hydroxylation sites is 1. The molecule has 29 heavy (non-hydrogen) atoms. The van der Waals surface area contributed by atoms with Gasteiger partial charge < -0.3 is 19.2 Å². The number of aliphatic carboxylic acids is 1. The minimum Gasteiger partial charge on any atom is -0.550 e. The number of furan rings is 1. The molecule has 146 valence electrons. The Hall–Kier alpha value is -3.67. The zero-order valence-corrected chi connectivity index (χ0v) is 15.8. The fourth-order valence-electron chi connectivity index (χ4n) is 3.28. The minimum absolute atomic E-state index is 0.0802. The molecule has 0 radical (unpaired) electrons. The van der Waals surface area contributed by atoms with Crippen LogP contribution < -0.4 is 10.0 Å². The Morgan fingerprint density at radius 1 is 0.931 bits per heavy atom. The summed E-state index contributed by atoms with van der Waals surface area (Å²) in [6, 6.07) is 21.4. The molecule has 0 saturated heterocycles. The molecule has 2 aromatic carbocycles. The van der Waals surface area contributed by atoms with E-state index in [1.54, 1.807) is 12.3 Å². The summed E-state index contributed by atoms with van der Waals surface area (Å²) in [5.74, 6) is 0.653. The molecule has 0 amide bonds. The molecule has 0 saturated carbocycles. The molecular formula is C23H20N3O3-. The Balaban J connectivity index is 1.74. The first kappa shape index (κ1) is 18.7. The fraction of sp³-hybridized carbons (Fsp3) is 0.174. The van der Waals surface area contributed by atoms with Crippen LogP contribution in [-0.2, 0) is 11.2 Å². The molecule has 0 fully saturated rings. The van der Waals surface area contributed by atoms with E-state index in [1.165, 1.54) is 5.56 Å². The number of carboxylic acids is 1. The first-order valence-electron chi connectivity index (χ1n) is 9.50. The third-order valence-corrected chi connectivity index (χ3v) is 4.72. The molecule has 2 heterocycles. The molecule has 6 heteroatoms. The van der Waals surface area contributed by atoms with Crippen LogP contribution in [0.5, 0.6) is 0 Å². The summed E-state index contributed by atoms with van der Waals surface area (Å²) in [5.41, 5.74) is 1.96. The van der Waals surface area contributed by atoms with Crippen molar-refractivity contribution < 1.29 is 14.3 Å². The van der Waals surface area contributed by atoms with Gasteiger partial charge in [-0.3, -0.25) is 0 Å². The third kappa shape index (κ3) is 4.43. The summed E-state index contributed by atoms with van der Waals surface area (Å²) in [4.78, 5) is 22.5. The van der Waals surface area contributed by atoms with Crippen LogP contribution in [0.15, 0.2) is 77.4 Å². The summed E-state index contributed by atoms with van der Waals surface area (Å²) in [5, 5.41) is 12.0. The van der Waals surface area contributed by atoms with Gasteiger partial charge in [0.15, 0.2) is 11.6 Å². The number of carbonyl (C=O) groups excluding carboxylic acids is 1. The highest BCUT2D eigenvalue weighted by Gasteiger charge is 2.16. The molecule has 4 rings (SSSR count). The minimum atomic E-state index is -1.08. The quantitative estimate of drug-likeness (QED) is 0.463. The standard InChI is InChI=1S/C23H21N3O3/c27-21(28)13-15-26(14-12-17-7-2-1-3-8-17)23-18-9-4-5-10-19(18)24-22(25-23)20-11-6-16-29-20/h1-11,16H,12-15H2,(H,27,28)/p-1. The molecule has 4 aromatic rings. The van der Waals surface area contributed by atoms with Crippen molar-refractivity contribution in [2.24, 2.45) is 0 Å². The molecule has 0 aliphatic carbocycles. The molecule has 0 atom stereocenters. The highest BCUT2D eigenvalue weighted by molar-refractivity contribution is 5.91. The van der Waals surface area contributed by atoms with Gasteiger partial charge in [0.25, 0.3) is 0 Å². The van der Waals surface area contributed by atoms with Gasteiger partial charge in [0, 0.05) is 30.9 Å². The lowest BCUT2D eigenvalue weighted by atomic mass is 10.1. The van der Waals surface area contributed by atoms with E-state index < -0.39 is 5.97 Å². The Bertz CT molecular complexity index is 1100. The number of anilines is 1. The summed E-state index contributed by atoms with van der Waals surface area (Å²) < 4.78 is 5.48. The van der Waals surface area contributed by atoms with Crippen molar-refractivity contribution in [3.63, 3.8) is 0 Å². The van der Waals surface area contributed by atoms with Gasteiger partial charge in [-0.2, -0.15) is 0 Å². The summed E-state index contributed by atoms with van der Waals surface area (Å²) >= 11 is 0. The van der Waals surface area contributed by atoms with Gasteiger partial charge in [-0.1, -0.05) is 42.5 Å². The zero-order chi connectivity index (χ0) is 20.1. The maximum Gasteiger partial charge on any atom is 0.198 e. The molecule has 0 aliphatic heterocycles. The topological polar surface area (TPSA) is 82.3 Å². The van der Waals surface area contributed by atoms with Gasteiger partial charge >= 0.3 is 0 Å². The fourth-order valence-corrected chi connectivity index (χ4v) is 3.28. The second kappa shape index (κ2) is 8.56. The van der Waals surface area contributed by atoms with Gasteiger partial charge in [-0.25, -0.2) is 9.97 Å². The molecule has 0 spiro atoms. The number of carboxylic acid groups (broad SMARTS) is 1. The van der Waals surface area contributed by atoms with Crippen LogP contribution in [0.2, 0.25) is 0 Å². The van der Waals surface area contributed by atoms with E-state index in [0.717, 1.165) is 17.3 Å². The summed E-state index contributed by atoms with van der Waals surface area (Å²) in [6.45, 7) is 0.920. The lowest BCUT2D eigenvalue weighted by Gasteiger charge is -2.25. The molecule has 0 unspecified atom stereocenters. The SMILES string of the molecule is O=C([O-])CCN(CCc1ccccc1)c1nc(-c2ccco2)nc2ccccc12. The lowest BCUT2D eigenvalue weighted by Crippen LogP contribution is -2.33. The van der Waals surface area contributed by atoms with Crippen molar-refractivity contribution in [3.8, 4) is 11.6 Å². The molecule has 0 bridgehead atoms. The molecule has 2 aromatic heterocycles. The van der Waals surface area contributed by atoms with Crippen molar-refractivity contribution in [2.75, 3.05) is 18.0 Å². The van der Waals surface area contributed by atoms with Crippen molar-refractivity contribution in [1.29, 1.82) is 0 Å². The average molecular weight is 386 g/mol. The lowest BCUT2D eigenvalue weighted by molar-refractivity contribution is -0.305. The van der Waals surface area contributed by atoms with Crippen LogP contribution >= 0.6 is 0 Å². The van der Waals surface area contributed by atoms with Gasteiger partial charge in [0.1, 0.15) is 5.82 Å². The van der Waals surface area contributed by atoms with E-state index in [2.05, 4.69) is 17.1 Å². The van der Waals surface area contributed by atoms with E-state index in [1.807, 2.05) is 53.4 Å². The summed E-state index contributed by atoms with van der Waals surface area (Å²) in [7, 11) is 0. The zero-order valence-electron chi connectivity index (χ0n) is 15.8. The van der Waals surface area contributed by atoms with Crippen molar-refractivity contribution in [2.45, 2.75) is 12.8 Å². The predicted octanol–water partition coefficient (Wildman–Crippen LogP) is 3.08. The van der Waals surface area contributed by atoms with Crippen LogP contribution in [0.3, 0.4) is 0 Å². The van der Waals surface area contributed by atoms with Crippen LogP contribution in [0.4, 0.5) is 5.82 Å². The van der Waals surface area contributed by atoms with Crippen LogP contribution in [0, 0.1) is 0 Å². The Morgan fingerprint density at radius 2 is 1.72 bits per heavy atom. The van der Waals surface area contributed by atoms with Gasteiger partial charge in [-0.05, 0) is 36.2 Å². The molecule has 0 N–H and O–H groups in total. The van der Waals surface area contributed by atoms with Crippen molar-refractivity contribution in [1.82, 2.24) is 9.97 Å². The number of fused-ring (bicyclic) bond motifs is 1. The number of aromatic nitrogens is 2.